The minimum Gasteiger partial charge on any atom is -0.348 e. The molecule has 2 aromatic rings. The first-order valence-corrected chi connectivity index (χ1v) is 11.7. The molecule has 156 valence electrons. The van der Waals surface area contributed by atoms with Crippen LogP contribution in [-0.4, -0.2) is 36.8 Å². The SMILES string of the molecule is CSc1ccc(C(NCCC2CCNCC2)C(=O)NC(C)c2ccncc2)cc1. The summed E-state index contributed by atoms with van der Waals surface area (Å²) in [5.74, 6) is 0.749. The number of carbonyl (C=O) groups excluding carboxylic acids is 1. The summed E-state index contributed by atoms with van der Waals surface area (Å²) < 4.78 is 0. The summed E-state index contributed by atoms with van der Waals surface area (Å²) in [5, 5.41) is 10.1. The maximum absolute atomic E-state index is 13.2. The van der Waals surface area contributed by atoms with E-state index in [1.54, 1.807) is 24.2 Å². The van der Waals surface area contributed by atoms with Crippen LogP contribution in [0.25, 0.3) is 0 Å². The number of carbonyl (C=O) groups is 1. The van der Waals surface area contributed by atoms with E-state index in [9.17, 15) is 4.79 Å². The van der Waals surface area contributed by atoms with Gasteiger partial charge in [-0.05, 0) is 93.4 Å². The fourth-order valence-electron chi connectivity index (χ4n) is 3.79. The molecule has 2 heterocycles. The molecule has 1 saturated heterocycles. The topological polar surface area (TPSA) is 66.0 Å². The molecule has 2 unspecified atom stereocenters. The van der Waals surface area contributed by atoms with Crippen LogP contribution in [0.2, 0.25) is 0 Å². The number of amides is 1. The molecule has 29 heavy (non-hydrogen) atoms. The average Bonchev–Trinajstić information content (AvgIpc) is 2.78. The lowest BCUT2D eigenvalue weighted by atomic mass is 9.94. The Kier molecular flexibility index (Phi) is 8.52. The molecule has 5 nitrogen and oxygen atoms in total. The highest BCUT2D eigenvalue weighted by molar-refractivity contribution is 7.98. The molecule has 0 aliphatic carbocycles. The van der Waals surface area contributed by atoms with E-state index in [4.69, 9.17) is 0 Å². The summed E-state index contributed by atoms with van der Waals surface area (Å²) >= 11 is 1.71. The fourth-order valence-corrected chi connectivity index (χ4v) is 4.20. The monoisotopic (exact) mass is 412 g/mol. The smallest absolute Gasteiger partial charge is 0.242 e. The van der Waals surface area contributed by atoms with Gasteiger partial charge < -0.3 is 16.0 Å². The number of hydrogen-bond donors (Lipinski definition) is 3. The Labute approximate surface area is 178 Å². The highest BCUT2D eigenvalue weighted by Crippen LogP contribution is 2.22. The molecule has 1 aliphatic rings. The summed E-state index contributed by atoms with van der Waals surface area (Å²) in [6.07, 6.45) is 9.13. The van der Waals surface area contributed by atoms with Crippen LogP contribution in [0.4, 0.5) is 0 Å². The van der Waals surface area contributed by atoms with Crippen molar-refractivity contribution in [1.82, 2.24) is 20.9 Å². The fraction of sp³-hybridized carbons (Fsp3) is 0.478. The summed E-state index contributed by atoms with van der Waals surface area (Å²) in [5.41, 5.74) is 2.06. The molecule has 1 amide bonds. The number of nitrogens with zero attached hydrogens (tertiary/aromatic N) is 1. The molecular formula is C23H32N4OS. The number of thioether (sulfide) groups is 1. The molecule has 0 spiro atoms. The minimum atomic E-state index is -0.350. The highest BCUT2D eigenvalue weighted by Gasteiger charge is 2.23. The van der Waals surface area contributed by atoms with Crippen molar-refractivity contribution in [3.8, 4) is 0 Å². The van der Waals surface area contributed by atoms with E-state index < -0.39 is 0 Å². The molecule has 1 fully saturated rings. The number of hydrogen-bond acceptors (Lipinski definition) is 5. The van der Waals surface area contributed by atoms with Crippen molar-refractivity contribution in [2.24, 2.45) is 5.92 Å². The van der Waals surface area contributed by atoms with Gasteiger partial charge in [-0.3, -0.25) is 9.78 Å². The van der Waals surface area contributed by atoms with Gasteiger partial charge >= 0.3 is 0 Å². The van der Waals surface area contributed by atoms with Crippen molar-refractivity contribution in [1.29, 1.82) is 0 Å². The van der Waals surface area contributed by atoms with Gasteiger partial charge in [0.25, 0.3) is 0 Å². The summed E-state index contributed by atoms with van der Waals surface area (Å²) in [4.78, 5) is 18.4. The lowest BCUT2D eigenvalue weighted by Crippen LogP contribution is -2.39. The Morgan fingerprint density at radius 1 is 1.14 bits per heavy atom. The van der Waals surface area contributed by atoms with Gasteiger partial charge in [0.15, 0.2) is 0 Å². The first kappa shape index (κ1) is 21.8. The Balaban J connectivity index is 1.65. The van der Waals surface area contributed by atoms with E-state index >= 15 is 0 Å². The van der Waals surface area contributed by atoms with Gasteiger partial charge in [0.2, 0.25) is 5.91 Å². The number of aromatic nitrogens is 1. The summed E-state index contributed by atoms with van der Waals surface area (Å²) in [7, 11) is 0. The lowest BCUT2D eigenvalue weighted by molar-refractivity contribution is -0.124. The third kappa shape index (κ3) is 6.56. The van der Waals surface area contributed by atoms with E-state index in [0.29, 0.717) is 0 Å². The average molecular weight is 413 g/mol. The second-order valence-electron chi connectivity index (χ2n) is 7.65. The Morgan fingerprint density at radius 3 is 2.48 bits per heavy atom. The van der Waals surface area contributed by atoms with E-state index in [2.05, 4.69) is 51.5 Å². The van der Waals surface area contributed by atoms with E-state index in [-0.39, 0.29) is 18.0 Å². The van der Waals surface area contributed by atoms with Crippen LogP contribution >= 0.6 is 11.8 Å². The van der Waals surface area contributed by atoms with Crippen LogP contribution < -0.4 is 16.0 Å². The van der Waals surface area contributed by atoms with Crippen LogP contribution in [0.5, 0.6) is 0 Å². The van der Waals surface area contributed by atoms with Crippen molar-refractivity contribution in [3.63, 3.8) is 0 Å². The molecule has 3 rings (SSSR count). The molecule has 1 aromatic carbocycles. The molecule has 3 N–H and O–H groups in total. The van der Waals surface area contributed by atoms with Crippen LogP contribution in [0, 0.1) is 5.92 Å². The Bertz CT molecular complexity index is 747. The summed E-state index contributed by atoms with van der Waals surface area (Å²) in [6, 6.07) is 11.8. The normalized spacial score (nSPS) is 16.9. The Morgan fingerprint density at radius 2 is 1.83 bits per heavy atom. The lowest BCUT2D eigenvalue weighted by Gasteiger charge is -2.25. The van der Waals surface area contributed by atoms with E-state index in [1.807, 2.05) is 19.1 Å². The molecule has 0 radical (unpaired) electrons. The second kappa shape index (κ2) is 11.3. The zero-order valence-electron chi connectivity index (χ0n) is 17.4. The number of rotatable bonds is 9. The predicted octanol–water partition coefficient (Wildman–Crippen LogP) is 3.70. The Hall–Kier alpha value is -1.89. The van der Waals surface area contributed by atoms with Gasteiger partial charge in [-0.1, -0.05) is 12.1 Å². The first-order chi connectivity index (χ1) is 14.2. The van der Waals surface area contributed by atoms with Crippen molar-refractivity contribution in [2.75, 3.05) is 25.9 Å². The van der Waals surface area contributed by atoms with Crippen molar-refractivity contribution >= 4 is 17.7 Å². The van der Waals surface area contributed by atoms with Crippen LogP contribution in [0.1, 0.15) is 49.4 Å². The van der Waals surface area contributed by atoms with Gasteiger partial charge in [0, 0.05) is 17.3 Å². The molecule has 0 saturated carbocycles. The molecule has 1 aromatic heterocycles. The third-order valence-corrected chi connectivity index (χ3v) is 6.38. The van der Waals surface area contributed by atoms with Gasteiger partial charge in [0.1, 0.15) is 6.04 Å². The van der Waals surface area contributed by atoms with Gasteiger partial charge in [-0.25, -0.2) is 0 Å². The highest BCUT2D eigenvalue weighted by atomic mass is 32.2. The third-order valence-electron chi connectivity index (χ3n) is 5.64. The van der Waals surface area contributed by atoms with Crippen molar-refractivity contribution in [3.05, 3.63) is 59.9 Å². The molecule has 2 atom stereocenters. The first-order valence-electron chi connectivity index (χ1n) is 10.5. The van der Waals surface area contributed by atoms with Gasteiger partial charge in [0.05, 0.1) is 6.04 Å². The molecule has 1 aliphatic heterocycles. The predicted molar refractivity (Wildman–Crippen MR) is 120 cm³/mol. The number of piperidine rings is 1. The largest absolute Gasteiger partial charge is 0.348 e. The number of pyridine rings is 1. The van der Waals surface area contributed by atoms with Gasteiger partial charge in [-0.2, -0.15) is 0 Å². The molecule has 0 bridgehead atoms. The maximum Gasteiger partial charge on any atom is 0.242 e. The quantitative estimate of drug-likeness (QED) is 0.548. The van der Waals surface area contributed by atoms with E-state index in [1.165, 1.54) is 17.7 Å². The maximum atomic E-state index is 13.2. The van der Waals surface area contributed by atoms with Crippen LogP contribution in [0.15, 0.2) is 53.7 Å². The molecule has 6 heteroatoms. The zero-order valence-corrected chi connectivity index (χ0v) is 18.2. The van der Waals surface area contributed by atoms with Crippen molar-refractivity contribution in [2.45, 2.75) is 43.2 Å². The number of benzene rings is 1. The standard InChI is InChI=1S/C23H32N4OS/c1-17(19-10-14-25-15-11-19)27-23(28)22(20-3-5-21(29-2)6-4-20)26-16-9-18-7-12-24-13-8-18/h3-6,10-11,14-15,17-18,22,24,26H,7-9,12-13,16H2,1-2H3,(H,27,28). The van der Waals surface area contributed by atoms with Crippen molar-refractivity contribution < 1.29 is 4.79 Å². The second-order valence-corrected chi connectivity index (χ2v) is 8.53. The van der Waals surface area contributed by atoms with Gasteiger partial charge in [-0.15, -0.1) is 11.8 Å². The van der Waals surface area contributed by atoms with Crippen LogP contribution in [-0.2, 0) is 4.79 Å². The minimum absolute atomic E-state index is 0.0107. The van der Waals surface area contributed by atoms with E-state index in [0.717, 1.165) is 43.1 Å². The zero-order chi connectivity index (χ0) is 20.5. The molecular weight excluding hydrogens is 380 g/mol. The number of nitrogens with one attached hydrogen (secondary N) is 3. The van der Waals surface area contributed by atoms with Crippen LogP contribution in [0.3, 0.4) is 0 Å². The summed E-state index contributed by atoms with van der Waals surface area (Å²) in [6.45, 7) is 5.06.